The van der Waals surface area contributed by atoms with Gasteiger partial charge in [-0.2, -0.15) is 0 Å². The maximum atomic E-state index is 5.90. The molecule has 7 nitrogen and oxygen atoms in total. The fourth-order valence-electron chi connectivity index (χ4n) is 3.53. The summed E-state index contributed by atoms with van der Waals surface area (Å²) in [7, 11) is 15.1. The van der Waals surface area contributed by atoms with Gasteiger partial charge in [0.1, 0.15) is 21.8 Å². The van der Waals surface area contributed by atoms with Crippen LogP contribution in [0.1, 0.15) is 18.5 Å². The Kier molecular flexibility index (Phi) is 5.97. The zero-order chi connectivity index (χ0) is 17.1. The van der Waals surface area contributed by atoms with Gasteiger partial charge in [-0.05, 0) is 25.2 Å². The molecule has 1 aromatic heterocycles. The minimum atomic E-state index is -0.283. The molecule has 0 aromatic carbocycles. The van der Waals surface area contributed by atoms with Crippen molar-refractivity contribution in [1.29, 1.82) is 0 Å². The fourth-order valence-corrected chi connectivity index (χ4v) is 3.53. The minimum absolute atomic E-state index is 0.00388. The van der Waals surface area contributed by atoms with Gasteiger partial charge in [0.2, 0.25) is 0 Å². The van der Waals surface area contributed by atoms with Crippen LogP contribution < -0.4 is 0 Å². The molecule has 3 rings (SSSR count). The van der Waals surface area contributed by atoms with Crippen LogP contribution in [0.5, 0.6) is 0 Å². The third kappa shape index (κ3) is 4.20. The molecule has 3 heterocycles. The van der Waals surface area contributed by atoms with Crippen LogP contribution in [0, 0.1) is 5.92 Å². The second-order valence-corrected chi connectivity index (χ2v) is 6.52. The summed E-state index contributed by atoms with van der Waals surface area (Å²) >= 11 is 0. The van der Waals surface area contributed by atoms with E-state index in [4.69, 9.17) is 34.6 Å². The molecule has 4 radical (unpaired) electrons. The average Bonchev–Trinajstić information content (AvgIpc) is 3.21. The van der Waals surface area contributed by atoms with E-state index in [-0.39, 0.29) is 36.2 Å². The Morgan fingerprint density at radius 3 is 2.71 bits per heavy atom. The van der Waals surface area contributed by atoms with Crippen LogP contribution in [0.15, 0.2) is 6.20 Å². The summed E-state index contributed by atoms with van der Waals surface area (Å²) in [4.78, 5) is 0. The van der Waals surface area contributed by atoms with Gasteiger partial charge in [0.05, 0.1) is 31.1 Å². The van der Waals surface area contributed by atoms with Crippen molar-refractivity contribution in [2.45, 2.75) is 56.1 Å². The number of nitrogens with zero attached hydrogens (tertiary/aromatic N) is 3. The van der Waals surface area contributed by atoms with E-state index in [1.54, 1.807) is 18.9 Å². The Labute approximate surface area is 145 Å². The number of aromatic nitrogens is 3. The minimum Gasteiger partial charge on any atom is -0.382 e. The molecule has 1 aromatic rings. The number of rotatable bonds is 7. The number of hydrogen-bond donors (Lipinski definition) is 0. The van der Waals surface area contributed by atoms with Crippen LogP contribution in [0.25, 0.3) is 0 Å². The molecule has 0 aliphatic carbocycles. The lowest BCUT2D eigenvalue weighted by Crippen LogP contribution is -2.28. The zero-order valence-corrected chi connectivity index (χ0v) is 14.2. The molecular formula is C15H23B2N3O4. The van der Waals surface area contributed by atoms with Crippen molar-refractivity contribution in [2.75, 3.05) is 20.8 Å². The zero-order valence-electron chi connectivity index (χ0n) is 14.2. The predicted molar refractivity (Wildman–Crippen MR) is 88.0 cm³/mol. The topological polar surface area (TPSA) is 67.6 Å². The molecule has 0 amide bonds. The Balaban J connectivity index is 1.57. The Morgan fingerprint density at radius 2 is 1.96 bits per heavy atom. The number of methoxy groups -OCH3 is 2. The van der Waals surface area contributed by atoms with Crippen molar-refractivity contribution in [3.8, 4) is 0 Å². The van der Waals surface area contributed by atoms with E-state index < -0.39 is 0 Å². The highest BCUT2D eigenvalue weighted by Crippen LogP contribution is 2.28. The lowest BCUT2D eigenvalue weighted by molar-refractivity contribution is -0.00138. The molecule has 0 bridgehead atoms. The second-order valence-electron chi connectivity index (χ2n) is 6.52. The average molecular weight is 331 g/mol. The van der Waals surface area contributed by atoms with Gasteiger partial charge >= 0.3 is 0 Å². The van der Waals surface area contributed by atoms with Crippen molar-refractivity contribution in [3.05, 3.63) is 11.9 Å². The smallest absolute Gasteiger partial charge is 0.109 e. The van der Waals surface area contributed by atoms with Gasteiger partial charge in [0, 0.05) is 32.4 Å². The lowest BCUT2D eigenvalue weighted by atomic mass is 9.88. The van der Waals surface area contributed by atoms with Crippen molar-refractivity contribution < 1.29 is 18.9 Å². The van der Waals surface area contributed by atoms with Gasteiger partial charge in [0.15, 0.2) is 0 Å². The molecule has 0 saturated carbocycles. The highest BCUT2D eigenvalue weighted by molar-refractivity contribution is 6.11. The van der Waals surface area contributed by atoms with Gasteiger partial charge in [-0.1, -0.05) is 5.21 Å². The van der Waals surface area contributed by atoms with Crippen LogP contribution in [0.4, 0.5) is 0 Å². The summed E-state index contributed by atoms with van der Waals surface area (Å²) in [6.45, 7) is 1.11. The predicted octanol–water partition coefficient (Wildman–Crippen LogP) is -0.335. The molecule has 9 heteroatoms. The van der Waals surface area contributed by atoms with E-state index in [1.165, 1.54) is 0 Å². The van der Waals surface area contributed by atoms with Crippen LogP contribution in [-0.4, -0.2) is 81.8 Å². The Bertz CT molecular complexity index is 533. The van der Waals surface area contributed by atoms with E-state index >= 15 is 0 Å². The molecule has 6 atom stereocenters. The Morgan fingerprint density at radius 1 is 1.21 bits per heavy atom. The first-order chi connectivity index (χ1) is 11.6. The van der Waals surface area contributed by atoms with Gasteiger partial charge in [-0.3, -0.25) is 0 Å². The number of hydrogen-bond acceptors (Lipinski definition) is 6. The quantitative estimate of drug-likeness (QED) is 0.637. The van der Waals surface area contributed by atoms with E-state index in [9.17, 15) is 0 Å². The molecule has 0 N–H and O–H groups in total. The van der Waals surface area contributed by atoms with Crippen molar-refractivity contribution in [1.82, 2.24) is 15.0 Å². The Hall–Kier alpha value is -0.890. The molecule has 2 aliphatic heterocycles. The van der Waals surface area contributed by atoms with Gasteiger partial charge < -0.3 is 18.9 Å². The first-order valence-electron chi connectivity index (χ1n) is 8.32. The normalized spacial score (nSPS) is 36.4. The third-order valence-corrected chi connectivity index (χ3v) is 4.70. The molecule has 0 spiro atoms. The first kappa shape index (κ1) is 17.9. The molecule has 128 valence electrons. The van der Waals surface area contributed by atoms with Crippen LogP contribution in [0.2, 0.25) is 0 Å². The van der Waals surface area contributed by atoms with Crippen LogP contribution in [-0.2, 0) is 31.9 Å². The maximum absolute atomic E-state index is 5.90. The van der Waals surface area contributed by atoms with E-state index in [0.29, 0.717) is 19.6 Å². The highest BCUT2D eigenvalue weighted by atomic mass is 16.6. The van der Waals surface area contributed by atoms with Gasteiger partial charge in [-0.25, -0.2) is 4.68 Å². The van der Waals surface area contributed by atoms with Gasteiger partial charge in [0.25, 0.3) is 0 Å². The van der Waals surface area contributed by atoms with Crippen LogP contribution >= 0.6 is 0 Å². The second kappa shape index (κ2) is 7.99. The highest BCUT2D eigenvalue weighted by Gasteiger charge is 2.34. The molecule has 2 saturated heterocycles. The molecule has 2 aliphatic rings. The largest absolute Gasteiger partial charge is 0.382 e. The summed E-state index contributed by atoms with van der Waals surface area (Å²) in [6.07, 6.45) is 4.08. The first-order valence-corrected chi connectivity index (χ1v) is 8.32. The van der Waals surface area contributed by atoms with Crippen LogP contribution in [0.3, 0.4) is 0 Å². The number of ether oxygens (including phenoxy) is 4. The summed E-state index contributed by atoms with van der Waals surface area (Å²) in [5.41, 5.74) is 0.912. The van der Waals surface area contributed by atoms with Crippen molar-refractivity contribution in [3.63, 3.8) is 0 Å². The molecule has 24 heavy (non-hydrogen) atoms. The SMILES string of the molecule is [B][C@H]1C[C@@H](Cc2cn(C[C@H]3O[C@@H]([B])C[C@H]3OC)nn2)[C@@H](COC)O1. The van der Waals surface area contributed by atoms with E-state index in [1.807, 2.05) is 6.20 Å². The fraction of sp³-hybridized carbons (Fsp3) is 0.867. The third-order valence-electron chi connectivity index (χ3n) is 4.70. The lowest BCUT2D eigenvalue weighted by Gasteiger charge is -2.17. The summed E-state index contributed by atoms with van der Waals surface area (Å²) in [6, 6.07) is -0.518. The summed E-state index contributed by atoms with van der Waals surface area (Å²) in [5.74, 6) is 0.285. The molecule has 0 unspecified atom stereocenters. The molecule has 2 fully saturated rings. The molecular weight excluding hydrogens is 308 g/mol. The van der Waals surface area contributed by atoms with Gasteiger partial charge in [-0.15, -0.1) is 5.10 Å². The van der Waals surface area contributed by atoms with E-state index in [0.717, 1.165) is 18.5 Å². The van der Waals surface area contributed by atoms with Crippen molar-refractivity contribution >= 4 is 15.7 Å². The summed E-state index contributed by atoms with van der Waals surface area (Å²) in [5, 5.41) is 8.45. The van der Waals surface area contributed by atoms with Crippen molar-refractivity contribution in [2.24, 2.45) is 5.92 Å². The monoisotopic (exact) mass is 331 g/mol. The van der Waals surface area contributed by atoms with E-state index in [2.05, 4.69) is 10.3 Å². The maximum Gasteiger partial charge on any atom is 0.109 e. The summed E-state index contributed by atoms with van der Waals surface area (Å²) < 4.78 is 23.8. The standard InChI is InChI=1S/C15H23B2N3O4/c1-21-8-13-9(4-14(16)24-13)3-10-6-20(19-18-10)7-12-11(22-2)5-15(17)23-12/h6,9,11-15H,3-5,7-8H2,1-2H3/t9-,11-,12-,13-,14-,15-/m1/s1.